The van der Waals surface area contributed by atoms with Crippen molar-refractivity contribution in [1.29, 1.82) is 0 Å². The van der Waals surface area contributed by atoms with Crippen LogP contribution in [0.5, 0.6) is 17.5 Å². The molecule has 2 bridgehead atoms. The summed E-state index contributed by atoms with van der Waals surface area (Å²) in [6, 6.07) is 14.1. The molecule has 11 rings (SSSR count). The number of ether oxygens (including phenoxy) is 3. The lowest BCUT2D eigenvalue weighted by atomic mass is 9.91. The van der Waals surface area contributed by atoms with E-state index in [1.165, 1.54) is 16.2 Å². The summed E-state index contributed by atoms with van der Waals surface area (Å²) in [5.41, 5.74) is 12.9. The van der Waals surface area contributed by atoms with Crippen LogP contribution in [-0.4, -0.2) is 156 Å². The molecular formula is C55H67N13O8S. The van der Waals surface area contributed by atoms with Crippen molar-refractivity contribution in [2.45, 2.75) is 127 Å². The highest BCUT2D eigenvalue weighted by Crippen LogP contribution is 2.41. The van der Waals surface area contributed by atoms with Gasteiger partial charge in [-0.05, 0) is 74.9 Å². The third kappa shape index (κ3) is 11.4. The average molecular weight is 1070 g/mol. The van der Waals surface area contributed by atoms with Crippen molar-refractivity contribution in [3.8, 4) is 39.5 Å². The van der Waals surface area contributed by atoms with Crippen molar-refractivity contribution in [3.05, 3.63) is 89.6 Å². The maximum Gasteiger partial charge on any atom is 0.254 e. The quantitative estimate of drug-likeness (QED) is 0.0776. The van der Waals surface area contributed by atoms with Gasteiger partial charge >= 0.3 is 0 Å². The number of piperazine rings is 1. The second-order valence-corrected chi connectivity index (χ2v) is 22.3. The molecule has 4 saturated heterocycles. The fourth-order valence-electron chi connectivity index (χ4n) is 11.6. The third-order valence-corrected chi connectivity index (χ3v) is 16.8. The van der Waals surface area contributed by atoms with E-state index in [0.29, 0.717) is 59.1 Å². The van der Waals surface area contributed by atoms with Gasteiger partial charge in [0, 0.05) is 118 Å². The standard InChI is InChI=1S/C55H67N13O8S/c1-31(2)50(55(72)67-29-38(69)20-45(67)54(71)61-32(3)34-25-58-53(59-26-34)51-33(4)60-30-77-51)47-24-49(64-76-47)73-18-17-65-15-12-39(13-16-65)74-40-21-41(22-40)75-48-19-35(11-14-57-48)68-36-9-10-37(68)28-66(27-36)44-23-43(62-63-52(44)56)42-7-5-6-8-46(42)70/h5-8,11,14,19,23-26,30-32,36-41,45,50,69-70H,9-10,12-13,15-18,20-22,27-29H2,1-4H3,(H2,56,63)(H,61,71)/t32-,36+,37?,38+,40?,41?,45-,50+/m0/s1. The summed E-state index contributed by atoms with van der Waals surface area (Å²) in [7, 11) is 0. The lowest BCUT2D eigenvalue weighted by molar-refractivity contribution is -0.141. The number of likely N-dealkylation sites (tertiary alicyclic amines) is 2. The number of aliphatic hydroxyl groups is 1. The van der Waals surface area contributed by atoms with Crippen LogP contribution < -0.4 is 30.3 Å². The molecule has 0 spiro atoms. The van der Waals surface area contributed by atoms with Crippen LogP contribution in [0, 0.1) is 12.8 Å². The maximum absolute atomic E-state index is 14.2. The predicted octanol–water partition coefficient (Wildman–Crippen LogP) is 5.94. The first-order valence-corrected chi connectivity index (χ1v) is 27.8. The van der Waals surface area contributed by atoms with Gasteiger partial charge in [-0.25, -0.2) is 19.9 Å². The number of carbonyl (C=O) groups excluding carboxylic acids is 2. The van der Waals surface area contributed by atoms with Gasteiger partial charge in [0.1, 0.15) is 30.4 Å². The molecule has 1 aliphatic carbocycles. The number of rotatable bonds is 18. The number of piperidine rings is 1. The minimum atomic E-state index is -0.870. The van der Waals surface area contributed by atoms with E-state index in [2.05, 4.69) is 67.4 Å². The first-order valence-electron chi connectivity index (χ1n) is 26.9. The molecule has 1 unspecified atom stereocenters. The highest BCUT2D eigenvalue weighted by Gasteiger charge is 2.45. The molecule has 21 nitrogen and oxygen atoms in total. The number of β-amino-alcohol motifs (C(OH)–C–C–N with tert-alkyl or cyclic N) is 1. The van der Waals surface area contributed by atoms with Gasteiger partial charge in [0.2, 0.25) is 17.7 Å². The van der Waals surface area contributed by atoms with Gasteiger partial charge < -0.3 is 54.7 Å². The summed E-state index contributed by atoms with van der Waals surface area (Å²) >= 11 is 1.47. The number of aromatic hydroxyl groups is 1. The summed E-state index contributed by atoms with van der Waals surface area (Å²) in [5.74, 6) is 0.757. The van der Waals surface area contributed by atoms with Crippen molar-refractivity contribution in [2.24, 2.45) is 5.92 Å². The highest BCUT2D eigenvalue weighted by molar-refractivity contribution is 7.13. The number of anilines is 3. The van der Waals surface area contributed by atoms with E-state index >= 15 is 0 Å². The third-order valence-electron chi connectivity index (χ3n) is 15.8. The average Bonchev–Trinajstić information content (AvgIpc) is 4.22. The zero-order chi connectivity index (χ0) is 53.3. The van der Waals surface area contributed by atoms with E-state index in [9.17, 15) is 19.8 Å². The highest BCUT2D eigenvalue weighted by atomic mass is 32.1. The molecule has 1 saturated carbocycles. The molecule has 0 radical (unpaired) electrons. The molecule has 9 heterocycles. The fourth-order valence-corrected chi connectivity index (χ4v) is 12.4. The van der Waals surface area contributed by atoms with Gasteiger partial charge in [-0.15, -0.1) is 21.5 Å². The normalized spacial score (nSPS) is 23.5. The van der Waals surface area contributed by atoms with E-state index in [0.717, 1.165) is 86.6 Å². The first kappa shape index (κ1) is 52.1. The minimum Gasteiger partial charge on any atom is -0.507 e. The number of nitrogens with two attached hydrogens (primary N) is 1. The second-order valence-electron chi connectivity index (χ2n) is 21.4. The molecule has 77 heavy (non-hydrogen) atoms. The van der Waals surface area contributed by atoms with Gasteiger partial charge in [-0.1, -0.05) is 26.0 Å². The number of phenols is 1. The summed E-state index contributed by atoms with van der Waals surface area (Å²) in [6.45, 7) is 12.0. The van der Waals surface area contributed by atoms with Gasteiger partial charge in [0.05, 0.1) is 51.8 Å². The minimum absolute atomic E-state index is 0.0281. The Balaban J connectivity index is 0.601. The number of fused-ring (bicyclic) bond motifs is 2. The van der Waals surface area contributed by atoms with E-state index in [4.69, 9.17) is 24.5 Å². The number of benzene rings is 1. The molecular weight excluding hydrogens is 1000 g/mol. The number of aryl methyl sites for hydroxylation is 1. The van der Waals surface area contributed by atoms with Crippen LogP contribution in [0.3, 0.4) is 0 Å². The van der Waals surface area contributed by atoms with Crippen LogP contribution in [-0.2, 0) is 14.3 Å². The number of phenolic OH excluding ortho intramolecular Hbond substituents is 1. The Labute approximate surface area is 451 Å². The molecule has 22 heteroatoms. The van der Waals surface area contributed by atoms with E-state index in [1.807, 2.05) is 52.1 Å². The topological polar surface area (TPSA) is 257 Å². The van der Waals surface area contributed by atoms with Crippen LogP contribution in [0.4, 0.5) is 17.2 Å². The van der Waals surface area contributed by atoms with Gasteiger partial charge in [-0.2, -0.15) is 0 Å². The lowest BCUT2D eigenvalue weighted by Gasteiger charge is -2.43. The van der Waals surface area contributed by atoms with Crippen LogP contribution in [0.2, 0.25) is 0 Å². The Kier molecular flexibility index (Phi) is 15.2. The Morgan fingerprint density at radius 1 is 0.896 bits per heavy atom. The molecule has 1 aromatic carbocycles. The Bertz CT molecular complexity index is 3010. The number of thiazole rings is 1. The number of amides is 2. The monoisotopic (exact) mass is 1070 g/mol. The lowest BCUT2D eigenvalue weighted by Crippen LogP contribution is -2.54. The Hall–Kier alpha value is -7.01. The van der Waals surface area contributed by atoms with Gasteiger partial charge in [0.25, 0.3) is 5.88 Å². The summed E-state index contributed by atoms with van der Waals surface area (Å²) in [5, 5.41) is 36.9. The summed E-state index contributed by atoms with van der Waals surface area (Å²) in [4.78, 5) is 55.3. The predicted molar refractivity (Wildman–Crippen MR) is 287 cm³/mol. The van der Waals surface area contributed by atoms with Crippen LogP contribution in [0.1, 0.15) is 94.7 Å². The molecule has 4 aliphatic heterocycles. The van der Waals surface area contributed by atoms with E-state index < -0.39 is 24.1 Å². The zero-order valence-corrected chi connectivity index (χ0v) is 44.7. The van der Waals surface area contributed by atoms with Crippen LogP contribution in [0.15, 0.2) is 77.2 Å². The number of pyridine rings is 1. The zero-order valence-electron chi connectivity index (χ0n) is 43.9. The van der Waals surface area contributed by atoms with Gasteiger partial charge in [-0.3, -0.25) is 14.5 Å². The molecule has 2 amide bonds. The van der Waals surface area contributed by atoms with Crippen molar-refractivity contribution < 1.29 is 38.5 Å². The summed E-state index contributed by atoms with van der Waals surface area (Å²) < 4.78 is 24.7. The smallest absolute Gasteiger partial charge is 0.254 e. The second kappa shape index (κ2) is 22.5. The van der Waals surface area contributed by atoms with Crippen LogP contribution >= 0.6 is 11.3 Å². The van der Waals surface area contributed by atoms with Crippen molar-refractivity contribution >= 4 is 40.3 Å². The number of carbonyl (C=O) groups is 2. The Morgan fingerprint density at radius 3 is 2.39 bits per heavy atom. The molecule has 5 aromatic heterocycles. The molecule has 5 aliphatic rings. The fraction of sp³-hybridized carbons (Fsp3) is 0.509. The van der Waals surface area contributed by atoms with E-state index in [1.54, 1.807) is 36.1 Å². The molecule has 6 aromatic rings. The largest absolute Gasteiger partial charge is 0.507 e. The van der Waals surface area contributed by atoms with Gasteiger partial charge in [0.15, 0.2) is 17.4 Å². The number of hydrogen-bond donors (Lipinski definition) is 4. The van der Waals surface area contributed by atoms with Crippen molar-refractivity contribution in [2.75, 3.05) is 61.4 Å². The number of nitrogens with zero attached hydrogens (tertiary/aromatic N) is 11. The number of nitrogens with one attached hydrogen (secondary N) is 1. The molecule has 5 N–H and O–H groups in total. The Morgan fingerprint density at radius 2 is 1.66 bits per heavy atom. The SMILES string of the molecule is Cc1ncsc1-c1ncc([C@H](C)NC(=O)[C@@H]2C[C@@H](O)CN2C(=O)[C@@H](c2cc(OCCN3CCC(OC4CC(Oc5cc(N6C7CC[C@@H]6CN(c6cc(-c8ccccc8O)nnc6N)C7)ccn5)C4)CC3)no2)C(C)C)cn1. The maximum atomic E-state index is 14.2. The van der Waals surface area contributed by atoms with Crippen LogP contribution in [0.25, 0.3) is 22.0 Å². The van der Waals surface area contributed by atoms with Crippen molar-refractivity contribution in [1.82, 2.24) is 50.4 Å². The molecule has 5 fully saturated rings. The summed E-state index contributed by atoms with van der Waals surface area (Å²) in [6.07, 6.45) is 10.5. The van der Waals surface area contributed by atoms with E-state index in [-0.39, 0.29) is 66.8 Å². The first-order chi connectivity index (χ1) is 37.3. The van der Waals surface area contributed by atoms with Crippen molar-refractivity contribution in [3.63, 3.8) is 0 Å². The number of hydrogen-bond acceptors (Lipinski definition) is 20. The number of nitrogen functional groups attached to an aromatic ring is 1. The number of aromatic nitrogens is 7. The number of aliphatic hydroxyl groups excluding tert-OH is 1. The number of para-hydroxylation sites is 1. The molecule has 406 valence electrons. The molecule has 6 atom stereocenters.